The lowest BCUT2D eigenvalue weighted by Gasteiger charge is -2.35. The number of rotatable bonds is 5. The van der Waals surface area contributed by atoms with E-state index in [0.717, 1.165) is 24.3 Å². The molecule has 1 heterocycles. The number of carbonyl (C=O) groups is 1. The third kappa shape index (κ3) is 3.80. The van der Waals surface area contributed by atoms with Gasteiger partial charge in [0.1, 0.15) is 0 Å². The van der Waals surface area contributed by atoms with E-state index >= 15 is 0 Å². The first-order valence-electron chi connectivity index (χ1n) is 6.73. The van der Waals surface area contributed by atoms with E-state index in [-0.39, 0.29) is 24.9 Å². The summed E-state index contributed by atoms with van der Waals surface area (Å²) in [4.78, 5) is 13.0. The van der Waals surface area contributed by atoms with Crippen LogP contribution in [0.25, 0.3) is 0 Å². The second-order valence-corrected chi connectivity index (χ2v) is 5.08. The van der Waals surface area contributed by atoms with Crippen LogP contribution in [0.1, 0.15) is 30.0 Å². The molecular weight excluding hydrogens is 294 g/mol. The number of aliphatic carboxylic acids is 1. The summed E-state index contributed by atoms with van der Waals surface area (Å²) in [5.41, 5.74) is 2.37. The number of ether oxygens (including phenoxy) is 2. The summed E-state index contributed by atoms with van der Waals surface area (Å²) in [5.74, 6) is 0.667. The van der Waals surface area contributed by atoms with Crippen LogP contribution in [0.4, 0.5) is 0 Å². The molecular formula is C15H22ClNO4. The molecule has 1 N–H and O–H groups in total. The first-order valence-corrected chi connectivity index (χ1v) is 6.73. The molecule has 21 heavy (non-hydrogen) atoms. The fraction of sp³-hybridized carbons (Fsp3) is 0.533. The van der Waals surface area contributed by atoms with Crippen LogP contribution in [-0.4, -0.2) is 43.8 Å². The highest BCUT2D eigenvalue weighted by molar-refractivity contribution is 5.85. The second-order valence-electron chi connectivity index (χ2n) is 5.08. The van der Waals surface area contributed by atoms with Crippen LogP contribution >= 0.6 is 12.4 Å². The molecule has 1 aromatic carbocycles. The lowest BCUT2D eigenvalue weighted by Crippen LogP contribution is -2.32. The molecule has 1 unspecified atom stereocenters. The van der Waals surface area contributed by atoms with Gasteiger partial charge < -0.3 is 14.6 Å². The Hall–Kier alpha value is -1.46. The van der Waals surface area contributed by atoms with E-state index in [0.29, 0.717) is 12.2 Å². The summed E-state index contributed by atoms with van der Waals surface area (Å²) < 4.78 is 10.7. The average molecular weight is 316 g/mol. The van der Waals surface area contributed by atoms with Crippen LogP contribution < -0.4 is 9.47 Å². The third-order valence-electron chi connectivity index (χ3n) is 3.90. The van der Waals surface area contributed by atoms with E-state index < -0.39 is 5.97 Å². The van der Waals surface area contributed by atoms with Gasteiger partial charge in [-0.2, -0.15) is 0 Å². The molecule has 1 atom stereocenters. The molecule has 1 aliphatic rings. The molecule has 6 heteroatoms. The number of benzene rings is 1. The lowest BCUT2D eigenvalue weighted by molar-refractivity contribution is -0.137. The Morgan fingerprint density at radius 3 is 2.52 bits per heavy atom. The quantitative estimate of drug-likeness (QED) is 0.904. The van der Waals surface area contributed by atoms with E-state index in [4.69, 9.17) is 14.6 Å². The number of fused-ring (bicyclic) bond motifs is 1. The predicted molar refractivity (Wildman–Crippen MR) is 82.7 cm³/mol. The van der Waals surface area contributed by atoms with Crippen LogP contribution in [0, 0.1) is 0 Å². The van der Waals surface area contributed by atoms with E-state index in [2.05, 4.69) is 4.90 Å². The van der Waals surface area contributed by atoms with Gasteiger partial charge in [-0.15, -0.1) is 12.4 Å². The minimum Gasteiger partial charge on any atom is -0.493 e. The van der Waals surface area contributed by atoms with Crippen molar-refractivity contribution in [2.24, 2.45) is 0 Å². The van der Waals surface area contributed by atoms with Crippen molar-refractivity contribution in [1.82, 2.24) is 4.90 Å². The summed E-state index contributed by atoms with van der Waals surface area (Å²) in [7, 11) is 5.27. The maximum absolute atomic E-state index is 10.8. The third-order valence-corrected chi connectivity index (χ3v) is 3.90. The van der Waals surface area contributed by atoms with E-state index in [1.165, 1.54) is 5.56 Å². The van der Waals surface area contributed by atoms with Crippen LogP contribution in [0.3, 0.4) is 0 Å². The number of carboxylic acids is 1. The van der Waals surface area contributed by atoms with E-state index in [9.17, 15) is 4.79 Å². The Morgan fingerprint density at radius 1 is 1.33 bits per heavy atom. The van der Waals surface area contributed by atoms with E-state index in [1.54, 1.807) is 14.2 Å². The second kappa shape index (κ2) is 7.52. The fourth-order valence-electron chi connectivity index (χ4n) is 2.79. The zero-order chi connectivity index (χ0) is 14.7. The van der Waals surface area contributed by atoms with Crippen molar-refractivity contribution in [3.63, 3.8) is 0 Å². The van der Waals surface area contributed by atoms with Gasteiger partial charge in [-0.1, -0.05) is 0 Å². The smallest absolute Gasteiger partial charge is 0.303 e. The highest BCUT2D eigenvalue weighted by Crippen LogP contribution is 2.39. The zero-order valence-corrected chi connectivity index (χ0v) is 13.4. The maximum Gasteiger partial charge on any atom is 0.303 e. The minimum absolute atomic E-state index is 0. The van der Waals surface area contributed by atoms with Gasteiger partial charge in [0, 0.05) is 19.0 Å². The molecule has 1 aliphatic heterocycles. The summed E-state index contributed by atoms with van der Waals surface area (Å²) in [6.45, 7) is 0.923. The maximum atomic E-state index is 10.8. The van der Waals surface area contributed by atoms with Crippen LogP contribution in [0.15, 0.2) is 12.1 Å². The summed E-state index contributed by atoms with van der Waals surface area (Å²) in [6, 6.07) is 4.11. The first-order chi connectivity index (χ1) is 9.56. The van der Waals surface area contributed by atoms with Crippen LogP contribution in [0.5, 0.6) is 11.5 Å². The van der Waals surface area contributed by atoms with E-state index in [1.807, 2.05) is 19.2 Å². The standard InChI is InChI=1S/C15H21NO4.ClH/c1-16-7-6-10-8-13(19-2)14(20-3)9-11(10)12(16)4-5-15(17)18;/h8-9,12H,4-7H2,1-3H3,(H,17,18);1H. The average Bonchev–Trinajstić information content (AvgIpc) is 2.44. The van der Waals surface area contributed by atoms with Gasteiger partial charge in [0.05, 0.1) is 14.2 Å². The summed E-state index contributed by atoms with van der Waals surface area (Å²) in [6.07, 6.45) is 1.72. The SMILES string of the molecule is COc1cc2c(cc1OC)C(CCC(=O)O)N(C)CC2.Cl. The van der Waals surface area contributed by atoms with Crippen molar-refractivity contribution in [1.29, 1.82) is 0 Å². The molecule has 0 aromatic heterocycles. The number of hydrogen-bond donors (Lipinski definition) is 1. The van der Waals surface area contributed by atoms with Crippen LogP contribution in [0.2, 0.25) is 0 Å². The van der Waals surface area contributed by atoms with Gasteiger partial charge in [-0.05, 0) is 43.1 Å². The predicted octanol–water partition coefficient (Wildman–Crippen LogP) is 2.52. The Bertz CT molecular complexity index is 507. The van der Waals surface area contributed by atoms with Crippen molar-refractivity contribution in [2.75, 3.05) is 27.8 Å². The molecule has 0 saturated heterocycles. The zero-order valence-electron chi connectivity index (χ0n) is 12.6. The van der Waals surface area contributed by atoms with Crippen molar-refractivity contribution in [2.45, 2.75) is 25.3 Å². The Labute approximate surface area is 131 Å². The molecule has 5 nitrogen and oxygen atoms in total. The fourth-order valence-corrected chi connectivity index (χ4v) is 2.79. The Kier molecular flexibility index (Phi) is 6.30. The molecule has 0 bridgehead atoms. The monoisotopic (exact) mass is 315 g/mol. The largest absolute Gasteiger partial charge is 0.493 e. The highest BCUT2D eigenvalue weighted by Gasteiger charge is 2.27. The van der Waals surface area contributed by atoms with Crippen molar-refractivity contribution in [3.8, 4) is 11.5 Å². The summed E-state index contributed by atoms with van der Waals surface area (Å²) >= 11 is 0. The molecule has 0 saturated carbocycles. The Balaban J connectivity index is 0.00000220. The van der Waals surface area contributed by atoms with Gasteiger partial charge in [0.2, 0.25) is 0 Å². The van der Waals surface area contributed by atoms with Crippen LogP contribution in [-0.2, 0) is 11.2 Å². The van der Waals surface area contributed by atoms with Crippen molar-refractivity contribution < 1.29 is 19.4 Å². The van der Waals surface area contributed by atoms with Crippen molar-refractivity contribution in [3.05, 3.63) is 23.3 Å². The molecule has 0 fully saturated rings. The molecule has 0 spiro atoms. The molecule has 0 amide bonds. The number of carboxylic acid groups (broad SMARTS) is 1. The molecule has 0 aliphatic carbocycles. The highest BCUT2D eigenvalue weighted by atomic mass is 35.5. The number of hydrogen-bond acceptors (Lipinski definition) is 4. The molecule has 118 valence electrons. The lowest BCUT2D eigenvalue weighted by atomic mass is 9.89. The number of likely N-dealkylation sites (N-methyl/N-ethyl adjacent to an activating group) is 1. The van der Waals surface area contributed by atoms with Gasteiger partial charge >= 0.3 is 5.97 Å². The van der Waals surface area contributed by atoms with Crippen molar-refractivity contribution >= 4 is 18.4 Å². The topological polar surface area (TPSA) is 59.0 Å². The minimum atomic E-state index is -0.758. The summed E-state index contributed by atoms with van der Waals surface area (Å²) in [5, 5.41) is 8.90. The molecule has 0 radical (unpaired) electrons. The molecule has 1 aromatic rings. The van der Waals surface area contributed by atoms with Gasteiger partial charge in [-0.25, -0.2) is 0 Å². The number of nitrogens with zero attached hydrogens (tertiary/aromatic N) is 1. The van der Waals surface area contributed by atoms with Gasteiger partial charge in [0.25, 0.3) is 0 Å². The van der Waals surface area contributed by atoms with Gasteiger partial charge in [0.15, 0.2) is 11.5 Å². The number of halogens is 1. The number of methoxy groups -OCH3 is 2. The normalized spacial score (nSPS) is 17.6. The first kappa shape index (κ1) is 17.6. The Morgan fingerprint density at radius 2 is 1.95 bits per heavy atom. The molecule has 2 rings (SSSR count). The van der Waals surface area contributed by atoms with Gasteiger partial charge in [-0.3, -0.25) is 9.69 Å².